The van der Waals surface area contributed by atoms with Gasteiger partial charge in [-0.1, -0.05) is 0 Å². The Bertz CT molecular complexity index is 851. The molecule has 0 unspecified atom stereocenters. The number of tetrazole rings is 1. The quantitative estimate of drug-likeness (QED) is 0.665. The van der Waals surface area contributed by atoms with Gasteiger partial charge in [0.1, 0.15) is 11.3 Å². The van der Waals surface area contributed by atoms with E-state index in [1.807, 2.05) is 13.0 Å². The third-order valence-corrected chi connectivity index (χ3v) is 4.11. The molecule has 1 aromatic carbocycles. The molecule has 4 rings (SSSR count). The minimum Gasteiger partial charge on any atom is -0.338 e. The molecule has 3 aromatic rings. The number of anilines is 1. The van der Waals surface area contributed by atoms with Crippen LogP contribution in [-0.2, 0) is 0 Å². The first-order valence-electron chi connectivity index (χ1n) is 7.25. The normalized spacial score (nSPS) is 16.8. The van der Waals surface area contributed by atoms with Gasteiger partial charge in [-0.15, -0.1) is 5.10 Å². The monoisotopic (exact) mass is 301 g/mol. The number of benzene rings is 1. The van der Waals surface area contributed by atoms with E-state index in [1.54, 1.807) is 4.52 Å². The number of hydrogen-bond donors (Lipinski definition) is 0. The Labute approximate surface area is 126 Å². The van der Waals surface area contributed by atoms with Crippen LogP contribution >= 0.6 is 0 Å². The molecule has 0 aliphatic carbocycles. The van der Waals surface area contributed by atoms with Gasteiger partial charge >= 0.3 is 0 Å². The van der Waals surface area contributed by atoms with Crippen LogP contribution in [0.4, 0.5) is 10.3 Å². The van der Waals surface area contributed by atoms with Crippen molar-refractivity contribution in [3.05, 3.63) is 23.5 Å². The SMILES string of the molecule is Cc1cc(F)c2nc(N3CCN(C)CC3)n3nnnc3c2c1. The van der Waals surface area contributed by atoms with Gasteiger partial charge in [-0.3, -0.25) is 0 Å². The van der Waals surface area contributed by atoms with Gasteiger partial charge in [-0.05, 0) is 42.1 Å². The van der Waals surface area contributed by atoms with Gasteiger partial charge in [-0.2, -0.15) is 4.52 Å². The highest BCUT2D eigenvalue weighted by Gasteiger charge is 2.21. The lowest BCUT2D eigenvalue weighted by atomic mass is 10.1. The van der Waals surface area contributed by atoms with Crippen LogP contribution in [0.25, 0.3) is 16.6 Å². The lowest BCUT2D eigenvalue weighted by Crippen LogP contribution is -2.45. The fourth-order valence-electron chi connectivity index (χ4n) is 2.87. The van der Waals surface area contributed by atoms with Gasteiger partial charge in [0.15, 0.2) is 5.65 Å². The highest BCUT2D eigenvalue weighted by atomic mass is 19.1. The molecule has 1 saturated heterocycles. The molecule has 0 saturated carbocycles. The molecule has 0 spiro atoms. The summed E-state index contributed by atoms with van der Waals surface area (Å²) in [4.78, 5) is 8.87. The molecule has 3 heterocycles. The second-order valence-electron chi connectivity index (χ2n) is 5.76. The zero-order valence-electron chi connectivity index (χ0n) is 12.5. The predicted octanol–water partition coefficient (Wildman–Crippen LogP) is 0.872. The van der Waals surface area contributed by atoms with Crippen molar-refractivity contribution in [2.24, 2.45) is 0 Å². The van der Waals surface area contributed by atoms with Crippen LogP contribution in [0.5, 0.6) is 0 Å². The summed E-state index contributed by atoms with van der Waals surface area (Å²) in [5.41, 5.74) is 1.69. The van der Waals surface area contributed by atoms with E-state index in [-0.39, 0.29) is 5.82 Å². The molecule has 7 nitrogen and oxygen atoms in total. The summed E-state index contributed by atoms with van der Waals surface area (Å²) in [6, 6.07) is 3.36. The van der Waals surface area contributed by atoms with E-state index in [2.05, 4.69) is 37.4 Å². The Hall–Kier alpha value is -2.35. The molecule has 1 aliphatic heterocycles. The summed E-state index contributed by atoms with van der Waals surface area (Å²) in [5, 5.41) is 12.5. The van der Waals surface area contributed by atoms with Gasteiger partial charge in [0.2, 0.25) is 5.95 Å². The van der Waals surface area contributed by atoms with Gasteiger partial charge in [0.25, 0.3) is 0 Å². The van der Waals surface area contributed by atoms with Crippen molar-refractivity contribution in [1.82, 2.24) is 29.9 Å². The summed E-state index contributed by atoms with van der Waals surface area (Å²) < 4.78 is 15.9. The molecule has 22 heavy (non-hydrogen) atoms. The minimum absolute atomic E-state index is 0.321. The van der Waals surface area contributed by atoms with E-state index in [1.165, 1.54) is 6.07 Å². The lowest BCUT2D eigenvalue weighted by Gasteiger charge is -2.32. The number of likely N-dealkylation sites (N-methyl/N-ethyl adjacent to an activating group) is 1. The summed E-state index contributed by atoms with van der Waals surface area (Å²) in [7, 11) is 2.08. The first-order chi connectivity index (χ1) is 10.6. The number of aromatic nitrogens is 5. The average Bonchev–Trinajstić information content (AvgIpc) is 2.97. The summed E-state index contributed by atoms with van der Waals surface area (Å²) in [6.45, 7) is 5.34. The third-order valence-electron chi connectivity index (χ3n) is 4.11. The standard InChI is InChI=1S/C14H16FN7/c1-9-7-10-12(11(15)8-9)16-14(22-13(10)17-18-19-22)21-5-3-20(2)4-6-21/h7-8H,3-6H2,1-2H3. The average molecular weight is 301 g/mol. The Morgan fingerprint density at radius 3 is 2.68 bits per heavy atom. The highest BCUT2D eigenvalue weighted by molar-refractivity contribution is 5.93. The number of fused-ring (bicyclic) bond motifs is 3. The molecule has 114 valence electrons. The molecule has 0 atom stereocenters. The van der Waals surface area contributed by atoms with Crippen molar-refractivity contribution < 1.29 is 4.39 Å². The molecule has 0 amide bonds. The van der Waals surface area contributed by atoms with Gasteiger partial charge in [0, 0.05) is 26.2 Å². The Kier molecular flexibility index (Phi) is 2.93. The van der Waals surface area contributed by atoms with Gasteiger partial charge in [-0.25, -0.2) is 9.37 Å². The number of hydrogen-bond acceptors (Lipinski definition) is 6. The Balaban J connectivity index is 1.95. The molecule has 1 fully saturated rings. The van der Waals surface area contributed by atoms with Crippen LogP contribution in [-0.4, -0.2) is 63.2 Å². The fourth-order valence-corrected chi connectivity index (χ4v) is 2.87. The van der Waals surface area contributed by atoms with Crippen molar-refractivity contribution >= 4 is 22.5 Å². The summed E-state index contributed by atoms with van der Waals surface area (Å²) >= 11 is 0. The van der Waals surface area contributed by atoms with Crippen molar-refractivity contribution in [1.29, 1.82) is 0 Å². The van der Waals surface area contributed by atoms with E-state index in [0.29, 0.717) is 22.5 Å². The van der Waals surface area contributed by atoms with Crippen LogP contribution in [0, 0.1) is 12.7 Å². The smallest absolute Gasteiger partial charge is 0.230 e. The van der Waals surface area contributed by atoms with E-state index >= 15 is 0 Å². The van der Waals surface area contributed by atoms with E-state index in [0.717, 1.165) is 31.7 Å². The molecule has 1 aliphatic rings. The number of aryl methyl sites for hydroxylation is 1. The zero-order chi connectivity index (χ0) is 15.3. The lowest BCUT2D eigenvalue weighted by molar-refractivity contribution is 0.310. The number of piperazine rings is 1. The van der Waals surface area contributed by atoms with Crippen molar-refractivity contribution in [2.75, 3.05) is 38.1 Å². The third kappa shape index (κ3) is 1.98. The molecule has 0 N–H and O–H groups in total. The maximum Gasteiger partial charge on any atom is 0.230 e. The van der Waals surface area contributed by atoms with Crippen LogP contribution in [0.15, 0.2) is 12.1 Å². The summed E-state index contributed by atoms with van der Waals surface area (Å²) in [6.07, 6.45) is 0. The molecular weight excluding hydrogens is 285 g/mol. The molecule has 0 radical (unpaired) electrons. The van der Waals surface area contributed by atoms with Crippen LogP contribution in [0.2, 0.25) is 0 Å². The maximum atomic E-state index is 14.3. The van der Waals surface area contributed by atoms with Gasteiger partial charge in [0.05, 0.1) is 5.39 Å². The number of nitrogens with zero attached hydrogens (tertiary/aromatic N) is 7. The van der Waals surface area contributed by atoms with Crippen molar-refractivity contribution in [2.45, 2.75) is 6.92 Å². The van der Waals surface area contributed by atoms with Crippen LogP contribution in [0.3, 0.4) is 0 Å². The van der Waals surface area contributed by atoms with Gasteiger partial charge < -0.3 is 9.80 Å². The number of rotatable bonds is 1. The fraction of sp³-hybridized carbons (Fsp3) is 0.429. The first-order valence-corrected chi connectivity index (χ1v) is 7.25. The van der Waals surface area contributed by atoms with Crippen LogP contribution < -0.4 is 4.90 Å². The molecule has 0 bridgehead atoms. The molecule has 2 aromatic heterocycles. The van der Waals surface area contributed by atoms with E-state index in [4.69, 9.17) is 0 Å². The minimum atomic E-state index is -0.337. The van der Waals surface area contributed by atoms with Crippen LogP contribution in [0.1, 0.15) is 5.56 Å². The largest absolute Gasteiger partial charge is 0.338 e. The van der Waals surface area contributed by atoms with Crippen molar-refractivity contribution in [3.63, 3.8) is 0 Å². The topological polar surface area (TPSA) is 62.5 Å². The van der Waals surface area contributed by atoms with E-state index in [9.17, 15) is 4.39 Å². The molecule has 8 heteroatoms. The second kappa shape index (κ2) is 4.84. The van der Waals surface area contributed by atoms with Crippen molar-refractivity contribution in [3.8, 4) is 0 Å². The maximum absolute atomic E-state index is 14.3. The van der Waals surface area contributed by atoms with E-state index < -0.39 is 0 Å². The Morgan fingerprint density at radius 2 is 1.91 bits per heavy atom. The summed E-state index contributed by atoms with van der Waals surface area (Å²) in [5.74, 6) is 0.263. The molecular formula is C14H16FN7. The zero-order valence-corrected chi connectivity index (χ0v) is 12.5. The Morgan fingerprint density at radius 1 is 1.14 bits per heavy atom. The first kappa shape index (κ1) is 13.3. The second-order valence-corrected chi connectivity index (χ2v) is 5.76. The predicted molar refractivity (Wildman–Crippen MR) is 80.5 cm³/mol. The number of halogens is 1. The highest BCUT2D eigenvalue weighted by Crippen LogP contribution is 2.25.